The number of rotatable bonds is 2. The predicted molar refractivity (Wildman–Crippen MR) is 86.1 cm³/mol. The van der Waals surface area contributed by atoms with E-state index in [1.165, 1.54) is 6.33 Å². The van der Waals surface area contributed by atoms with E-state index in [0.717, 1.165) is 11.4 Å². The first-order chi connectivity index (χ1) is 11.8. The van der Waals surface area contributed by atoms with Crippen LogP contribution in [0.4, 0.5) is 5.95 Å². The van der Waals surface area contributed by atoms with E-state index in [0.29, 0.717) is 37.8 Å². The summed E-state index contributed by atoms with van der Waals surface area (Å²) in [6.45, 7) is 4.20. The molecule has 0 aromatic carbocycles. The van der Waals surface area contributed by atoms with Gasteiger partial charge in [0.15, 0.2) is 0 Å². The van der Waals surface area contributed by atoms with Crippen molar-refractivity contribution >= 4 is 11.9 Å². The van der Waals surface area contributed by atoms with Crippen LogP contribution in [0.15, 0.2) is 42.0 Å². The molecular weight excluding hydrogens is 308 g/mol. The third-order valence-corrected chi connectivity index (χ3v) is 4.29. The number of amides is 1. The third-order valence-electron chi connectivity index (χ3n) is 4.29. The highest BCUT2D eigenvalue weighted by molar-refractivity contribution is 5.96. The van der Waals surface area contributed by atoms with E-state index >= 15 is 0 Å². The van der Waals surface area contributed by atoms with E-state index in [4.69, 9.17) is 4.74 Å². The molecule has 0 bridgehead atoms. The Labute approximate surface area is 139 Å². The van der Waals surface area contributed by atoms with Crippen molar-refractivity contribution in [2.24, 2.45) is 0 Å². The first kappa shape index (κ1) is 14.8. The summed E-state index contributed by atoms with van der Waals surface area (Å²) in [7, 11) is 0. The van der Waals surface area contributed by atoms with E-state index < -0.39 is 0 Å². The van der Waals surface area contributed by atoms with Gasteiger partial charge in [-0.05, 0) is 19.1 Å². The molecule has 0 unspecified atom stereocenters. The second kappa shape index (κ2) is 6.04. The molecule has 124 valence electrons. The summed E-state index contributed by atoms with van der Waals surface area (Å²) in [5, 5.41) is 7.47. The minimum atomic E-state index is -0.389. The number of aromatic nitrogens is 4. The molecule has 2 aliphatic heterocycles. The van der Waals surface area contributed by atoms with E-state index in [1.807, 2.05) is 30.0 Å². The predicted octanol–water partition coefficient (Wildman–Crippen LogP) is 0.821. The van der Waals surface area contributed by atoms with Crippen molar-refractivity contribution in [3.63, 3.8) is 0 Å². The lowest BCUT2D eigenvalue weighted by molar-refractivity contribution is -0.131. The fraction of sp³-hybridized carbons (Fsp3) is 0.375. The van der Waals surface area contributed by atoms with Crippen LogP contribution in [0.5, 0.6) is 0 Å². The van der Waals surface area contributed by atoms with Gasteiger partial charge >= 0.3 is 0 Å². The molecule has 2 aromatic rings. The van der Waals surface area contributed by atoms with Crippen LogP contribution in [0.1, 0.15) is 18.7 Å². The Morgan fingerprint density at radius 1 is 1.29 bits per heavy atom. The summed E-state index contributed by atoms with van der Waals surface area (Å²) in [6.07, 6.45) is 3.20. The molecule has 0 radical (unpaired) electrons. The van der Waals surface area contributed by atoms with Crippen molar-refractivity contribution in [1.29, 1.82) is 0 Å². The average molecular weight is 326 g/mol. The highest BCUT2D eigenvalue weighted by Crippen LogP contribution is 2.34. The lowest BCUT2D eigenvalue weighted by Gasteiger charge is -2.33. The number of carbonyl (C=O) groups is 1. The number of nitrogens with zero attached hydrogens (tertiary/aromatic N) is 5. The number of fused-ring (bicyclic) bond motifs is 1. The fourth-order valence-electron chi connectivity index (χ4n) is 3.12. The van der Waals surface area contributed by atoms with Gasteiger partial charge in [0.2, 0.25) is 5.95 Å². The molecule has 8 heteroatoms. The Hall–Kier alpha value is -2.74. The van der Waals surface area contributed by atoms with Gasteiger partial charge in [-0.1, -0.05) is 6.07 Å². The molecule has 1 amide bonds. The smallest absolute Gasteiger partial charge is 0.254 e. The van der Waals surface area contributed by atoms with E-state index in [-0.39, 0.29) is 11.9 Å². The second-order valence-electron chi connectivity index (χ2n) is 5.75. The molecule has 4 heterocycles. The highest BCUT2D eigenvalue weighted by atomic mass is 16.5. The molecule has 1 atom stereocenters. The lowest BCUT2D eigenvalue weighted by atomic mass is 9.98. The zero-order chi connectivity index (χ0) is 16.5. The molecule has 0 aliphatic carbocycles. The summed E-state index contributed by atoms with van der Waals surface area (Å²) < 4.78 is 7.07. The Kier molecular flexibility index (Phi) is 3.73. The zero-order valence-electron chi connectivity index (χ0n) is 13.3. The number of anilines is 1. The van der Waals surface area contributed by atoms with Gasteiger partial charge in [0, 0.05) is 25.0 Å². The molecule has 2 aromatic heterocycles. The van der Waals surface area contributed by atoms with Gasteiger partial charge in [-0.15, -0.1) is 0 Å². The summed E-state index contributed by atoms with van der Waals surface area (Å²) in [5.41, 5.74) is 2.19. The van der Waals surface area contributed by atoms with E-state index in [2.05, 4.69) is 20.4 Å². The van der Waals surface area contributed by atoms with Gasteiger partial charge in [-0.3, -0.25) is 9.78 Å². The van der Waals surface area contributed by atoms with Crippen LogP contribution in [0.2, 0.25) is 0 Å². The molecule has 2 aliphatic rings. The number of nitrogens with one attached hydrogen (secondary N) is 1. The Balaban J connectivity index is 1.78. The topological polar surface area (TPSA) is 85.2 Å². The number of morpholine rings is 1. The number of hydrogen-bond acceptors (Lipinski definition) is 6. The maximum atomic E-state index is 13.2. The van der Waals surface area contributed by atoms with Crippen molar-refractivity contribution in [1.82, 2.24) is 24.6 Å². The van der Waals surface area contributed by atoms with Crippen LogP contribution in [-0.2, 0) is 9.53 Å². The van der Waals surface area contributed by atoms with Gasteiger partial charge < -0.3 is 15.0 Å². The van der Waals surface area contributed by atoms with Crippen LogP contribution >= 0.6 is 0 Å². The molecule has 8 nitrogen and oxygen atoms in total. The minimum Gasteiger partial charge on any atom is -0.378 e. The molecular formula is C16H18N6O2. The van der Waals surface area contributed by atoms with Crippen LogP contribution in [0.25, 0.3) is 0 Å². The number of ether oxygens (including phenoxy) is 1. The normalized spacial score (nSPS) is 20.5. The number of pyridine rings is 1. The van der Waals surface area contributed by atoms with Gasteiger partial charge in [-0.25, -0.2) is 4.68 Å². The van der Waals surface area contributed by atoms with Gasteiger partial charge in [0.25, 0.3) is 5.91 Å². The van der Waals surface area contributed by atoms with Crippen molar-refractivity contribution in [3.8, 4) is 0 Å². The average Bonchev–Trinajstić information content (AvgIpc) is 3.09. The first-order valence-electron chi connectivity index (χ1n) is 7.91. The Morgan fingerprint density at radius 2 is 2.12 bits per heavy atom. The molecule has 1 N–H and O–H groups in total. The molecule has 4 rings (SSSR count). The quantitative estimate of drug-likeness (QED) is 0.879. The maximum absolute atomic E-state index is 13.2. The van der Waals surface area contributed by atoms with E-state index in [9.17, 15) is 4.79 Å². The van der Waals surface area contributed by atoms with Crippen molar-refractivity contribution in [2.75, 3.05) is 31.6 Å². The van der Waals surface area contributed by atoms with Gasteiger partial charge in [-0.2, -0.15) is 10.1 Å². The van der Waals surface area contributed by atoms with Crippen molar-refractivity contribution < 1.29 is 9.53 Å². The monoisotopic (exact) mass is 326 g/mol. The summed E-state index contributed by atoms with van der Waals surface area (Å²) >= 11 is 0. The largest absolute Gasteiger partial charge is 0.378 e. The maximum Gasteiger partial charge on any atom is 0.254 e. The summed E-state index contributed by atoms with van der Waals surface area (Å²) in [4.78, 5) is 23.7. The summed E-state index contributed by atoms with van der Waals surface area (Å²) in [5.74, 6) is 0.599. The number of carbonyl (C=O) groups excluding carboxylic acids is 1. The first-order valence-corrected chi connectivity index (χ1v) is 7.91. The highest BCUT2D eigenvalue weighted by Gasteiger charge is 2.36. The van der Waals surface area contributed by atoms with E-state index in [1.54, 1.807) is 10.9 Å². The van der Waals surface area contributed by atoms with Crippen LogP contribution in [0, 0.1) is 0 Å². The van der Waals surface area contributed by atoms with Crippen molar-refractivity contribution in [2.45, 2.75) is 13.0 Å². The number of hydrogen-bond donors (Lipinski definition) is 1. The molecule has 24 heavy (non-hydrogen) atoms. The van der Waals surface area contributed by atoms with Crippen LogP contribution in [-0.4, -0.2) is 56.9 Å². The number of allylic oxidation sites excluding steroid dienone is 1. The Bertz CT molecular complexity index is 779. The standard InChI is InChI=1S/C16H18N6O2/c1-11-13(15(23)21-6-8-24-9-7-21)14(12-4-2-3-5-17-12)22-16(20-11)18-10-19-22/h2-5,10,14H,6-9H2,1H3,(H,18,19,20)/t14-/m0/s1. The van der Waals surface area contributed by atoms with Crippen LogP contribution < -0.4 is 5.32 Å². The summed E-state index contributed by atoms with van der Waals surface area (Å²) in [6, 6.07) is 5.28. The zero-order valence-corrected chi connectivity index (χ0v) is 13.3. The third kappa shape index (κ3) is 2.44. The molecule has 1 fully saturated rings. The molecule has 1 saturated heterocycles. The SMILES string of the molecule is CC1=C(C(=O)N2CCOCC2)[C@H](c2ccccn2)n2ncnc2N1. The molecule has 0 saturated carbocycles. The second-order valence-corrected chi connectivity index (χ2v) is 5.75. The van der Waals surface area contributed by atoms with Crippen LogP contribution in [0.3, 0.4) is 0 Å². The van der Waals surface area contributed by atoms with Crippen molar-refractivity contribution in [3.05, 3.63) is 47.7 Å². The Morgan fingerprint density at radius 3 is 2.88 bits per heavy atom. The minimum absolute atomic E-state index is 0.0138. The van der Waals surface area contributed by atoms with Gasteiger partial charge in [0.05, 0.1) is 24.5 Å². The molecule has 0 spiro atoms. The lowest BCUT2D eigenvalue weighted by Crippen LogP contribution is -2.44. The fourth-order valence-corrected chi connectivity index (χ4v) is 3.12. The van der Waals surface area contributed by atoms with Gasteiger partial charge in [0.1, 0.15) is 12.4 Å².